The summed E-state index contributed by atoms with van der Waals surface area (Å²) in [4.78, 5) is 3.88. The number of rotatable bonds is 3. The number of aryl methyl sites for hydroxylation is 1. The second-order valence-electron chi connectivity index (χ2n) is 2.85. The van der Waals surface area contributed by atoms with E-state index in [1.165, 1.54) is 0 Å². The van der Waals surface area contributed by atoms with Crippen molar-refractivity contribution in [2.45, 2.75) is 25.9 Å². The molecule has 0 saturated heterocycles. The molecular weight excluding hydrogens is 174 g/mol. The molecule has 0 aliphatic heterocycles. The Labute approximate surface area is 77.2 Å². The molecule has 1 aromatic heterocycles. The molecule has 1 aromatic rings. The SMILES string of the molecule is CC(O)CCc1ccncc1Cl. The quantitative estimate of drug-likeness (QED) is 0.782. The van der Waals surface area contributed by atoms with Gasteiger partial charge in [0, 0.05) is 12.4 Å². The van der Waals surface area contributed by atoms with Crippen LogP contribution in [0, 0.1) is 0 Å². The number of aromatic nitrogens is 1. The molecule has 2 nitrogen and oxygen atoms in total. The molecule has 3 heteroatoms. The Morgan fingerprint density at radius 3 is 3.00 bits per heavy atom. The van der Waals surface area contributed by atoms with Gasteiger partial charge in [-0.1, -0.05) is 11.6 Å². The second-order valence-corrected chi connectivity index (χ2v) is 3.26. The van der Waals surface area contributed by atoms with Crippen molar-refractivity contribution in [1.29, 1.82) is 0 Å². The van der Waals surface area contributed by atoms with Gasteiger partial charge in [0.05, 0.1) is 11.1 Å². The summed E-state index contributed by atoms with van der Waals surface area (Å²) in [5, 5.41) is 9.72. The van der Waals surface area contributed by atoms with E-state index in [0.717, 1.165) is 18.4 Å². The zero-order valence-corrected chi connectivity index (χ0v) is 7.75. The highest BCUT2D eigenvalue weighted by atomic mass is 35.5. The van der Waals surface area contributed by atoms with Gasteiger partial charge in [-0.3, -0.25) is 4.98 Å². The van der Waals surface area contributed by atoms with E-state index in [0.29, 0.717) is 5.02 Å². The Morgan fingerprint density at radius 1 is 1.67 bits per heavy atom. The predicted molar refractivity (Wildman–Crippen MR) is 49.2 cm³/mol. The zero-order valence-electron chi connectivity index (χ0n) is 7.00. The van der Waals surface area contributed by atoms with E-state index in [-0.39, 0.29) is 6.10 Å². The lowest BCUT2D eigenvalue weighted by Crippen LogP contribution is -2.01. The van der Waals surface area contributed by atoms with E-state index in [1.54, 1.807) is 19.3 Å². The van der Waals surface area contributed by atoms with Gasteiger partial charge in [0.1, 0.15) is 0 Å². The smallest absolute Gasteiger partial charge is 0.0621 e. The first-order valence-electron chi connectivity index (χ1n) is 3.96. The first-order chi connectivity index (χ1) is 5.70. The molecule has 12 heavy (non-hydrogen) atoms. The summed E-state index contributed by atoms with van der Waals surface area (Å²) >= 11 is 5.86. The van der Waals surface area contributed by atoms with Crippen LogP contribution in [0.25, 0.3) is 0 Å². The third kappa shape index (κ3) is 2.80. The molecule has 0 radical (unpaired) electrons. The van der Waals surface area contributed by atoms with Gasteiger partial charge in [0.2, 0.25) is 0 Å². The first kappa shape index (κ1) is 9.49. The van der Waals surface area contributed by atoms with Crippen molar-refractivity contribution in [3.05, 3.63) is 29.0 Å². The molecular formula is C9H12ClNO. The van der Waals surface area contributed by atoms with E-state index in [1.807, 2.05) is 6.07 Å². The minimum Gasteiger partial charge on any atom is -0.393 e. The van der Waals surface area contributed by atoms with Crippen molar-refractivity contribution in [3.63, 3.8) is 0 Å². The Kier molecular flexibility index (Phi) is 3.50. The maximum Gasteiger partial charge on any atom is 0.0621 e. The molecule has 1 unspecified atom stereocenters. The summed E-state index contributed by atoms with van der Waals surface area (Å²) in [6, 6.07) is 1.88. The number of aliphatic hydroxyl groups excluding tert-OH is 1. The molecule has 1 N–H and O–H groups in total. The number of halogens is 1. The van der Waals surface area contributed by atoms with E-state index < -0.39 is 0 Å². The van der Waals surface area contributed by atoms with Crippen molar-refractivity contribution in [2.24, 2.45) is 0 Å². The number of aliphatic hydroxyl groups is 1. The maximum absolute atomic E-state index is 9.05. The van der Waals surface area contributed by atoms with Crippen molar-refractivity contribution in [1.82, 2.24) is 4.98 Å². The number of pyridine rings is 1. The highest BCUT2D eigenvalue weighted by molar-refractivity contribution is 6.31. The van der Waals surface area contributed by atoms with Crippen LogP contribution >= 0.6 is 11.6 Å². The van der Waals surface area contributed by atoms with Gasteiger partial charge in [0.25, 0.3) is 0 Å². The molecule has 66 valence electrons. The molecule has 0 fully saturated rings. The van der Waals surface area contributed by atoms with Crippen molar-refractivity contribution < 1.29 is 5.11 Å². The van der Waals surface area contributed by atoms with Crippen molar-refractivity contribution in [3.8, 4) is 0 Å². The predicted octanol–water partition coefficient (Wildman–Crippen LogP) is 2.05. The van der Waals surface area contributed by atoms with Crippen LogP contribution in [0.15, 0.2) is 18.5 Å². The molecule has 0 saturated carbocycles. The Bertz CT molecular complexity index is 250. The molecule has 0 amide bonds. The first-order valence-corrected chi connectivity index (χ1v) is 4.34. The highest BCUT2D eigenvalue weighted by Crippen LogP contribution is 2.15. The Morgan fingerprint density at radius 2 is 2.42 bits per heavy atom. The van der Waals surface area contributed by atoms with E-state index in [9.17, 15) is 0 Å². The van der Waals surface area contributed by atoms with Crippen LogP contribution in [0.3, 0.4) is 0 Å². The average molecular weight is 186 g/mol. The van der Waals surface area contributed by atoms with Gasteiger partial charge in [-0.2, -0.15) is 0 Å². The zero-order chi connectivity index (χ0) is 8.97. The van der Waals surface area contributed by atoms with Crippen LogP contribution in [-0.2, 0) is 6.42 Å². The van der Waals surface area contributed by atoms with E-state index in [2.05, 4.69) is 4.98 Å². The lowest BCUT2D eigenvalue weighted by atomic mass is 10.1. The van der Waals surface area contributed by atoms with Crippen molar-refractivity contribution in [2.75, 3.05) is 0 Å². The van der Waals surface area contributed by atoms with Crippen LogP contribution < -0.4 is 0 Å². The minimum atomic E-state index is -0.269. The molecule has 1 heterocycles. The van der Waals surface area contributed by atoms with Crippen LogP contribution in [-0.4, -0.2) is 16.2 Å². The topological polar surface area (TPSA) is 33.1 Å². The Hall–Kier alpha value is -0.600. The summed E-state index contributed by atoms with van der Waals surface area (Å²) in [6.45, 7) is 1.77. The van der Waals surface area contributed by atoms with Crippen LogP contribution in [0.4, 0.5) is 0 Å². The lowest BCUT2D eigenvalue weighted by molar-refractivity contribution is 0.185. The maximum atomic E-state index is 9.05. The Balaban J connectivity index is 2.57. The lowest BCUT2D eigenvalue weighted by Gasteiger charge is -2.04. The molecule has 0 aromatic carbocycles. The van der Waals surface area contributed by atoms with Gasteiger partial charge in [-0.05, 0) is 31.4 Å². The van der Waals surface area contributed by atoms with Crippen LogP contribution in [0.2, 0.25) is 5.02 Å². The summed E-state index contributed by atoms with van der Waals surface area (Å²) < 4.78 is 0. The third-order valence-corrected chi connectivity index (χ3v) is 2.03. The molecule has 0 aliphatic carbocycles. The van der Waals surface area contributed by atoms with Crippen LogP contribution in [0.1, 0.15) is 18.9 Å². The second kappa shape index (κ2) is 4.43. The summed E-state index contributed by atoms with van der Waals surface area (Å²) in [5.41, 5.74) is 1.05. The van der Waals surface area contributed by atoms with Gasteiger partial charge < -0.3 is 5.11 Å². The molecule has 1 rings (SSSR count). The van der Waals surface area contributed by atoms with Gasteiger partial charge in [-0.25, -0.2) is 0 Å². The average Bonchev–Trinajstić information content (AvgIpc) is 2.03. The molecule has 0 bridgehead atoms. The standard InChI is InChI=1S/C9H12ClNO/c1-7(12)2-3-8-4-5-11-6-9(8)10/h4-7,12H,2-3H2,1H3. The molecule has 1 atom stereocenters. The van der Waals surface area contributed by atoms with E-state index in [4.69, 9.17) is 16.7 Å². The molecule has 0 aliphatic rings. The minimum absolute atomic E-state index is 0.269. The third-order valence-electron chi connectivity index (χ3n) is 1.69. The normalized spacial score (nSPS) is 12.9. The number of hydrogen-bond acceptors (Lipinski definition) is 2. The van der Waals surface area contributed by atoms with Gasteiger partial charge >= 0.3 is 0 Å². The van der Waals surface area contributed by atoms with E-state index >= 15 is 0 Å². The van der Waals surface area contributed by atoms with Crippen molar-refractivity contribution >= 4 is 11.6 Å². The highest BCUT2D eigenvalue weighted by Gasteiger charge is 2.01. The fourth-order valence-electron chi connectivity index (χ4n) is 0.971. The molecule has 0 spiro atoms. The number of hydrogen-bond donors (Lipinski definition) is 1. The van der Waals surface area contributed by atoms with Gasteiger partial charge in [0.15, 0.2) is 0 Å². The number of nitrogens with zero attached hydrogens (tertiary/aromatic N) is 1. The largest absolute Gasteiger partial charge is 0.393 e. The fraction of sp³-hybridized carbons (Fsp3) is 0.444. The summed E-state index contributed by atoms with van der Waals surface area (Å²) in [5.74, 6) is 0. The summed E-state index contributed by atoms with van der Waals surface area (Å²) in [6.07, 6.45) is 4.61. The fourth-order valence-corrected chi connectivity index (χ4v) is 1.18. The van der Waals surface area contributed by atoms with Crippen LogP contribution in [0.5, 0.6) is 0 Å². The summed E-state index contributed by atoms with van der Waals surface area (Å²) in [7, 11) is 0. The monoisotopic (exact) mass is 185 g/mol. The van der Waals surface area contributed by atoms with Gasteiger partial charge in [-0.15, -0.1) is 0 Å².